The van der Waals surface area contributed by atoms with Crippen molar-refractivity contribution in [3.63, 3.8) is 0 Å². The molecule has 0 aliphatic carbocycles. The number of unbranched alkanes of at least 4 members (excludes halogenated alkanes) is 1. The monoisotopic (exact) mass is 365 g/mol. The smallest absolute Gasteiger partial charge is 0.238 e. The number of carbonyl (C=O) groups excluding carboxylic acids is 2. The number of nitrogens with two attached hydrogens (primary N) is 1. The van der Waals surface area contributed by atoms with Crippen LogP contribution in [0, 0.1) is 0 Å². The molecule has 0 aliphatic heterocycles. The molecule has 0 radical (unpaired) electrons. The molecule has 0 aromatic heterocycles. The Labute approximate surface area is 155 Å². The summed E-state index contributed by atoms with van der Waals surface area (Å²) in [6.45, 7) is 4.62. The second kappa shape index (κ2) is 12.1. The Morgan fingerprint density at radius 2 is 1.80 bits per heavy atom. The minimum Gasteiger partial charge on any atom is -0.344 e. The van der Waals surface area contributed by atoms with Crippen LogP contribution in [0.4, 0.5) is 0 Å². The molecule has 0 fully saturated rings. The minimum atomic E-state index is -0.457. The van der Waals surface area contributed by atoms with Crippen molar-refractivity contribution in [3.8, 4) is 0 Å². The van der Waals surface area contributed by atoms with Crippen LogP contribution in [0.5, 0.6) is 0 Å². The lowest BCUT2D eigenvalue weighted by Crippen LogP contribution is -2.52. The summed E-state index contributed by atoms with van der Waals surface area (Å²) in [5.74, 6) is -0.127. The van der Waals surface area contributed by atoms with Gasteiger partial charge in [0.1, 0.15) is 0 Å². The number of hydrogen-bond donors (Lipinski definition) is 3. The van der Waals surface area contributed by atoms with E-state index < -0.39 is 6.04 Å². The Kier molecular flexibility index (Phi) is 10.5. The van der Waals surface area contributed by atoms with E-state index in [2.05, 4.69) is 10.6 Å². The molecule has 0 saturated heterocycles. The van der Waals surface area contributed by atoms with E-state index in [0.29, 0.717) is 19.4 Å². The molecule has 5 nitrogen and oxygen atoms in total. The van der Waals surface area contributed by atoms with Gasteiger partial charge < -0.3 is 16.4 Å². The third kappa shape index (κ3) is 8.52. The summed E-state index contributed by atoms with van der Waals surface area (Å²) in [6.07, 6.45) is 4.65. The van der Waals surface area contributed by atoms with E-state index in [9.17, 15) is 9.59 Å². The van der Waals surface area contributed by atoms with Crippen LogP contribution in [-0.4, -0.2) is 41.9 Å². The van der Waals surface area contributed by atoms with Gasteiger partial charge in [-0.3, -0.25) is 9.59 Å². The van der Waals surface area contributed by atoms with Crippen molar-refractivity contribution in [1.82, 2.24) is 10.6 Å². The largest absolute Gasteiger partial charge is 0.344 e. The molecule has 140 valence electrons. The Morgan fingerprint density at radius 1 is 1.12 bits per heavy atom. The standard InChI is InChI=1S/C19H31N3O2S/c1-14(2)21-17(13-15-9-5-4-6-10-15)18(23)22-16(19(24)25-3)11-7-8-12-20/h4-6,9-10,14,16-17,21H,7-8,11-13,20H2,1-3H3,(H,22,23). The fourth-order valence-corrected chi connectivity index (χ4v) is 3.10. The molecule has 1 rings (SSSR count). The number of rotatable bonds is 11. The van der Waals surface area contributed by atoms with Crippen LogP contribution in [0.15, 0.2) is 30.3 Å². The average Bonchev–Trinajstić information content (AvgIpc) is 2.60. The zero-order valence-electron chi connectivity index (χ0n) is 15.5. The van der Waals surface area contributed by atoms with E-state index >= 15 is 0 Å². The number of benzene rings is 1. The van der Waals surface area contributed by atoms with Crippen LogP contribution in [0.1, 0.15) is 38.7 Å². The molecule has 0 aliphatic rings. The number of nitrogens with one attached hydrogen (secondary N) is 2. The second-order valence-electron chi connectivity index (χ2n) is 6.43. The fourth-order valence-electron chi connectivity index (χ4n) is 2.64. The summed E-state index contributed by atoms with van der Waals surface area (Å²) in [4.78, 5) is 24.9. The van der Waals surface area contributed by atoms with Crippen molar-refractivity contribution in [3.05, 3.63) is 35.9 Å². The molecule has 1 aromatic carbocycles. The first kappa shape index (κ1) is 21.7. The summed E-state index contributed by atoms with van der Waals surface area (Å²) >= 11 is 1.16. The quantitative estimate of drug-likeness (QED) is 0.523. The summed E-state index contributed by atoms with van der Waals surface area (Å²) in [5, 5.41) is 6.24. The maximum absolute atomic E-state index is 12.8. The maximum Gasteiger partial charge on any atom is 0.238 e. The van der Waals surface area contributed by atoms with Gasteiger partial charge in [0.15, 0.2) is 0 Å². The number of amides is 1. The molecule has 2 unspecified atom stereocenters. The zero-order valence-corrected chi connectivity index (χ0v) is 16.3. The molecule has 0 bridgehead atoms. The summed E-state index contributed by atoms with van der Waals surface area (Å²) in [7, 11) is 0. The predicted octanol–water partition coefficient (Wildman–Crippen LogP) is 2.10. The summed E-state index contributed by atoms with van der Waals surface area (Å²) in [5.41, 5.74) is 6.62. The van der Waals surface area contributed by atoms with Gasteiger partial charge in [0.25, 0.3) is 0 Å². The average molecular weight is 366 g/mol. The van der Waals surface area contributed by atoms with E-state index in [1.807, 2.05) is 44.2 Å². The molecule has 2 atom stereocenters. The molecule has 0 heterocycles. The fraction of sp³-hybridized carbons (Fsp3) is 0.579. The lowest BCUT2D eigenvalue weighted by Gasteiger charge is -2.24. The van der Waals surface area contributed by atoms with E-state index in [1.54, 1.807) is 6.26 Å². The Balaban J connectivity index is 2.77. The van der Waals surface area contributed by atoms with Crippen molar-refractivity contribution in [1.29, 1.82) is 0 Å². The van der Waals surface area contributed by atoms with E-state index in [0.717, 1.165) is 30.2 Å². The van der Waals surface area contributed by atoms with Crippen LogP contribution in [0.3, 0.4) is 0 Å². The number of hydrogen-bond acceptors (Lipinski definition) is 5. The molecule has 25 heavy (non-hydrogen) atoms. The van der Waals surface area contributed by atoms with Gasteiger partial charge >= 0.3 is 0 Å². The molecule has 0 spiro atoms. The maximum atomic E-state index is 12.8. The van der Waals surface area contributed by atoms with Gasteiger partial charge in [-0.2, -0.15) is 0 Å². The first-order valence-electron chi connectivity index (χ1n) is 8.86. The van der Waals surface area contributed by atoms with Gasteiger partial charge in [0.05, 0.1) is 12.1 Å². The highest BCUT2D eigenvalue weighted by molar-refractivity contribution is 8.13. The second-order valence-corrected chi connectivity index (χ2v) is 7.24. The van der Waals surface area contributed by atoms with E-state index in [4.69, 9.17) is 5.73 Å². The van der Waals surface area contributed by atoms with E-state index in [1.165, 1.54) is 0 Å². The topological polar surface area (TPSA) is 84.2 Å². The van der Waals surface area contributed by atoms with Crippen LogP contribution >= 0.6 is 11.8 Å². The third-order valence-electron chi connectivity index (χ3n) is 3.88. The van der Waals surface area contributed by atoms with Gasteiger partial charge in [-0.05, 0) is 44.0 Å². The van der Waals surface area contributed by atoms with E-state index in [-0.39, 0.29) is 23.1 Å². The highest BCUT2D eigenvalue weighted by Crippen LogP contribution is 2.10. The first-order valence-corrected chi connectivity index (χ1v) is 10.1. The molecule has 4 N–H and O–H groups in total. The minimum absolute atomic E-state index is 0.00613. The van der Waals surface area contributed by atoms with Gasteiger partial charge in [-0.15, -0.1) is 0 Å². The number of thioether (sulfide) groups is 1. The molecule has 0 saturated carbocycles. The Bertz CT molecular complexity index is 523. The zero-order chi connectivity index (χ0) is 18.7. The van der Waals surface area contributed by atoms with Gasteiger partial charge in [0.2, 0.25) is 11.0 Å². The summed E-state index contributed by atoms with van der Waals surface area (Å²) in [6, 6.07) is 9.25. The molecular formula is C19H31N3O2S. The number of carbonyl (C=O) groups is 2. The van der Waals surface area contributed by atoms with Crippen molar-refractivity contribution < 1.29 is 9.59 Å². The van der Waals surface area contributed by atoms with Crippen LogP contribution < -0.4 is 16.4 Å². The van der Waals surface area contributed by atoms with Gasteiger partial charge in [0, 0.05) is 6.04 Å². The predicted molar refractivity (Wildman–Crippen MR) is 106 cm³/mol. The summed E-state index contributed by atoms with van der Waals surface area (Å²) < 4.78 is 0. The Hall–Kier alpha value is -1.37. The molecular weight excluding hydrogens is 334 g/mol. The lowest BCUT2D eigenvalue weighted by molar-refractivity contribution is -0.126. The van der Waals surface area contributed by atoms with Crippen LogP contribution in [-0.2, 0) is 16.0 Å². The SMILES string of the molecule is CSC(=O)C(CCCCN)NC(=O)C(Cc1ccccc1)NC(C)C. The van der Waals surface area contributed by atoms with Crippen molar-refractivity contribution in [2.45, 2.75) is 57.7 Å². The highest BCUT2D eigenvalue weighted by Gasteiger charge is 2.25. The molecule has 1 amide bonds. The Morgan fingerprint density at radius 3 is 2.36 bits per heavy atom. The van der Waals surface area contributed by atoms with Crippen LogP contribution in [0.25, 0.3) is 0 Å². The molecule has 6 heteroatoms. The molecule has 1 aromatic rings. The van der Waals surface area contributed by atoms with Crippen molar-refractivity contribution >= 4 is 22.8 Å². The lowest BCUT2D eigenvalue weighted by atomic mass is 10.0. The third-order valence-corrected chi connectivity index (χ3v) is 4.57. The van der Waals surface area contributed by atoms with Gasteiger partial charge in [-0.1, -0.05) is 55.9 Å². The van der Waals surface area contributed by atoms with Crippen LogP contribution in [0.2, 0.25) is 0 Å². The van der Waals surface area contributed by atoms with Crippen molar-refractivity contribution in [2.24, 2.45) is 5.73 Å². The highest BCUT2D eigenvalue weighted by atomic mass is 32.2. The normalized spacial score (nSPS) is 13.5. The first-order chi connectivity index (χ1) is 12.0. The van der Waals surface area contributed by atoms with Crippen molar-refractivity contribution in [2.75, 3.05) is 12.8 Å². The van der Waals surface area contributed by atoms with Gasteiger partial charge in [-0.25, -0.2) is 0 Å².